The number of rotatable bonds is 4. The summed E-state index contributed by atoms with van der Waals surface area (Å²) in [5.41, 5.74) is 1.26. The minimum atomic E-state index is 0.502. The Morgan fingerprint density at radius 1 is 1.65 bits per heavy atom. The quantitative estimate of drug-likeness (QED) is 0.868. The maximum absolute atomic E-state index is 5.52. The first-order chi connectivity index (χ1) is 8.25. The first kappa shape index (κ1) is 13.0. The average Bonchev–Trinajstić information content (AvgIpc) is 2.37. The lowest BCUT2D eigenvalue weighted by Crippen LogP contribution is -2.37. The monoisotopic (exact) mass is 298 g/mol. The first-order valence-electron chi connectivity index (χ1n) is 6.17. The summed E-state index contributed by atoms with van der Waals surface area (Å²) in [5.74, 6) is 0.647. The third kappa shape index (κ3) is 4.05. The van der Waals surface area contributed by atoms with Crippen LogP contribution in [0.1, 0.15) is 25.3 Å². The molecule has 1 aliphatic rings. The molecule has 1 saturated heterocycles. The van der Waals surface area contributed by atoms with Crippen LogP contribution < -0.4 is 5.32 Å². The molecule has 0 saturated carbocycles. The molecule has 0 amide bonds. The van der Waals surface area contributed by atoms with Crippen LogP contribution >= 0.6 is 15.9 Å². The van der Waals surface area contributed by atoms with Crippen molar-refractivity contribution < 1.29 is 4.74 Å². The number of hydrogen-bond acceptors (Lipinski definition) is 3. The van der Waals surface area contributed by atoms with E-state index in [9.17, 15) is 0 Å². The Hall–Kier alpha value is -0.450. The number of halogens is 1. The fourth-order valence-corrected chi connectivity index (χ4v) is 2.57. The lowest BCUT2D eigenvalue weighted by molar-refractivity contribution is 0.0417. The predicted molar refractivity (Wildman–Crippen MR) is 71.8 cm³/mol. The predicted octanol–water partition coefficient (Wildman–Crippen LogP) is 2.75. The third-order valence-electron chi connectivity index (χ3n) is 3.32. The van der Waals surface area contributed by atoms with Gasteiger partial charge in [-0.15, -0.1) is 0 Å². The number of nitrogens with zero attached hydrogens (tertiary/aromatic N) is 1. The topological polar surface area (TPSA) is 34.2 Å². The van der Waals surface area contributed by atoms with E-state index in [1.165, 1.54) is 18.4 Å². The zero-order valence-corrected chi connectivity index (χ0v) is 11.7. The molecule has 1 aromatic heterocycles. The number of hydrogen-bond donors (Lipinski definition) is 1. The van der Waals surface area contributed by atoms with Crippen LogP contribution in [0.5, 0.6) is 0 Å². The van der Waals surface area contributed by atoms with Crippen LogP contribution in [0.15, 0.2) is 22.9 Å². The van der Waals surface area contributed by atoms with E-state index >= 15 is 0 Å². The van der Waals surface area contributed by atoms with Gasteiger partial charge in [0.15, 0.2) is 0 Å². The van der Waals surface area contributed by atoms with Crippen LogP contribution in [-0.4, -0.2) is 24.2 Å². The molecule has 2 rings (SSSR count). The highest BCUT2D eigenvalue weighted by molar-refractivity contribution is 9.10. The molecular weight excluding hydrogens is 280 g/mol. The third-order valence-corrected chi connectivity index (χ3v) is 3.76. The van der Waals surface area contributed by atoms with Gasteiger partial charge in [-0.1, -0.05) is 0 Å². The maximum Gasteiger partial charge on any atom is 0.106 e. The fourth-order valence-electron chi connectivity index (χ4n) is 2.16. The molecule has 1 N–H and O–H groups in total. The first-order valence-corrected chi connectivity index (χ1v) is 6.96. The summed E-state index contributed by atoms with van der Waals surface area (Å²) in [5, 5.41) is 3.57. The number of aromatic nitrogens is 1. The van der Waals surface area contributed by atoms with E-state index in [1.807, 2.05) is 12.3 Å². The van der Waals surface area contributed by atoms with E-state index in [-0.39, 0.29) is 0 Å². The van der Waals surface area contributed by atoms with Gasteiger partial charge in [0.1, 0.15) is 4.60 Å². The van der Waals surface area contributed by atoms with Crippen LogP contribution in [0.4, 0.5) is 0 Å². The van der Waals surface area contributed by atoms with Crippen molar-refractivity contribution in [3.63, 3.8) is 0 Å². The Labute approximate surface area is 111 Å². The molecular formula is C13H19BrN2O. The van der Waals surface area contributed by atoms with Gasteiger partial charge >= 0.3 is 0 Å². The lowest BCUT2D eigenvalue weighted by atomic mass is 9.95. The fraction of sp³-hybridized carbons (Fsp3) is 0.615. The number of nitrogens with one attached hydrogen (secondary N) is 1. The van der Waals surface area contributed by atoms with Crippen molar-refractivity contribution in [2.75, 3.05) is 13.2 Å². The number of pyridine rings is 1. The van der Waals surface area contributed by atoms with Crippen molar-refractivity contribution in [2.45, 2.75) is 32.4 Å². The smallest absolute Gasteiger partial charge is 0.106 e. The van der Waals surface area contributed by atoms with E-state index in [0.717, 1.165) is 24.4 Å². The van der Waals surface area contributed by atoms with Gasteiger partial charge in [0, 0.05) is 25.4 Å². The van der Waals surface area contributed by atoms with Crippen molar-refractivity contribution in [1.29, 1.82) is 0 Å². The normalized spacial score (nSPS) is 22.4. The molecule has 1 aliphatic heterocycles. The number of ether oxygens (including phenoxy) is 1. The largest absolute Gasteiger partial charge is 0.381 e. The van der Waals surface area contributed by atoms with Gasteiger partial charge in [-0.05, 0) is 59.3 Å². The zero-order valence-electron chi connectivity index (χ0n) is 10.2. The van der Waals surface area contributed by atoms with Crippen molar-refractivity contribution in [3.8, 4) is 0 Å². The molecule has 94 valence electrons. The molecule has 17 heavy (non-hydrogen) atoms. The molecule has 1 aromatic rings. The second-order valence-electron chi connectivity index (χ2n) is 4.63. The Morgan fingerprint density at radius 2 is 2.53 bits per heavy atom. The van der Waals surface area contributed by atoms with E-state index in [1.54, 1.807) is 0 Å². The minimum absolute atomic E-state index is 0.502. The molecule has 2 heterocycles. The summed E-state index contributed by atoms with van der Waals surface area (Å²) in [7, 11) is 0. The summed E-state index contributed by atoms with van der Waals surface area (Å²) >= 11 is 3.39. The zero-order chi connectivity index (χ0) is 12.1. The Kier molecular flexibility index (Phi) is 4.95. The van der Waals surface area contributed by atoms with Gasteiger partial charge in [0.05, 0.1) is 6.61 Å². The summed E-state index contributed by atoms with van der Waals surface area (Å²) in [6.45, 7) is 4.96. The lowest BCUT2D eigenvalue weighted by Gasteiger charge is -2.28. The van der Waals surface area contributed by atoms with Gasteiger partial charge in [0.2, 0.25) is 0 Å². The van der Waals surface area contributed by atoms with E-state index in [2.05, 4.69) is 39.2 Å². The maximum atomic E-state index is 5.52. The molecule has 0 bridgehead atoms. The van der Waals surface area contributed by atoms with Crippen LogP contribution in [-0.2, 0) is 11.3 Å². The van der Waals surface area contributed by atoms with Gasteiger partial charge in [0.25, 0.3) is 0 Å². The van der Waals surface area contributed by atoms with Crippen molar-refractivity contribution in [1.82, 2.24) is 10.3 Å². The second kappa shape index (κ2) is 6.47. The van der Waals surface area contributed by atoms with Crippen LogP contribution in [0.25, 0.3) is 0 Å². The van der Waals surface area contributed by atoms with Gasteiger partial charge in [-0.2, -0.15) is 0 Å². The average molecular weight is 299 g/mol. The standard InChI is InChI=1S/C13H19BrN2O/c1-10(12-3-2-6-17-9-12)16-8-11-4-5-15-13(14)7-11/h4-5,7,10,12,16H,2-3,6,8-9H2,1H3/t10-,12+/m1/s1. The van der Waals surface area contributed by atoms with Crippen molar-refractivity contribution >= 4 is 15.9 Å². The molecule has 0 radical (unpaired) electrons. The molecule has 0 unspecified atom stereocenters. The Morgan fingerprint density at radius 3 is 3.24 bits per heavy atom. The Balaban J connectivity index is 1.80. The van der Waals surface area contributed by atoms with E-state index in [0.29, 0.717) is 12.0 Å². The van der Waals surface area contributed by atoms with Crippen molar-refractivity contribution in [3.05, 3.63) is 28.5 Å². The molecule has 1 fully saturated rings. The summed E-state index contributed by atoms with van der Waals surface area (Å²) in [4.78, 5) is 4.13. The Bertz CT molecular complexity index is 353. The molecule has 3 nitrogen and oxygen atoms in total. The summed E-state index contributed by atoms with van der Waals surface area (Å²) in [6.07, 6.45) is 4.29. The van der Waals surface area contributed by atoms with Crippen LogP contribution in [0.3, 0.4) is 0 Å². The van der Waals surface area contributed by atoms with Crippen molar-refractivity contribution in [2.24, 2.45) is 5.92 Å². The highest BCUT2D eigenvalue weighted by atomic mass is 79.9. The van der Waals surface area contributed by atoms with Gasteiger partial charge in [-0.25, -0.2) is 4.98 Å². The highest BCUT2D eigenvalue weighted by Crippen LogP contribution is 2.17. The van der Waals surface area contributed by atoms with Crippen LogP contribution in [0, 0.1) is 5.92 Å². The molecule has 0 aromatic carbocycles. The molecule has 4 heteroatoms. The van der Waals surface area contributed by atoms with Crippen LogP contribution in [0.2, 0.25) is 0 Å². The highest BCUT2D eigenvalue weighted by Gasteiger charge is 2.19. The molecule has 0 aliphatic carbocycles. The molecule has 0 spiro atoms. The second-order valence-corrected chi connectivity index (χ2v) is 5.45. The summed E-state index contributed by atoms with van der Waals surface area (Å²) in [6, 6.07) is 4.60. The van der Waals surface area contributed by atoms with E-state index < -0.39 is 0 Å². The minimum Gasteiger partial charge on any atom is -0.381 e. The van der Waals surface area contributed by atoms with Gasteiger partial charge < -0.3 is 10.1 Å². The van der Waals surface area contributed by atoms with E-state index in [4.69, 9.17) is 4.74 Å². The summed E-state index contributed by atoms with van der Waals surface area (Å²) < 4.78 is 6.41. The SMILES string of the molecule is C[C@@H](NCc1ccnc(Br)c1)[C@H]1CCCOC1. The molecule has 2 atom stereocenters. The van der Waals surface area contributed by atoms with Gasteiger partial charge in [-0.3, -0.25) is 0 Å².